The van der Waals surface area contributed by atoms with Crippen LogP contribution in [0.25, 0.3) is 0 Å². The molecule has 0 N–H and O–H groups in total. The molecule has 1 atom stereocenters. The second-order valence-corrected chi connectivity index (χ2v) is 6.06. The van der Waals surface area contributed by atoms with Gasteiger partial charge in [0.05, 0.1) is 12.8 Å². The van der Waals surface area contributed by atoms with Gasteiger partial charge in [-0.25, -0.2) is 0 Å². The molecule has 6 nitrogen and oxygen atoms in total. The third-order valence-electron chi connectivity index (χ3n) is 3.43. The number of ether oxygens (including phenoxy) is 1. The number of aryl methyl sites for hydroxylation is 1. The standard InChI is InChI=1S/C15H18BrN3O3/c1-10-4-6-11(7-5-10)19-12(8-13(16)17-19)15(21)18(2)9-14(20)22-3/h4-7,12H,8-9H2,1-3H3. The molecule has 0 saturated heterocycles. The molecule has 7 heteroatoms. The van der Waals surface area contributed by atoms with Crippen LogP contribution in [0.2, 0.25) is 0 Å². The molecule has 1 aromatic rings. The first kappa shape index (κ1) is 16.5. The van der Waals surface area contributed by atoms with Crippen LogP contribution in [0.5, 0.6) is 0 Å². The van der Waals surface area contributed by atoms with E-state index in [0.29, 0.717) is 11.0 Å². The Labute approximate surface area is 137 Å². The van der Waals surface area contributed by atoms with E-state index in [1.54, 1.807) is 12.1 Å². The van der Waals surface area contributed by atoms with E-state index >= 15 is 0 Å². The number of likely N-dealkylation sites (N-methyl/N-ethyl adjacent to an activating group) is 1. The highest BCUT2D eigenvalue weighted by Crippen LogP contribution is 2.27. The van der Waals surface area contributed by atoms with Crippen molar-refractivity contribution in [2.45, 2.75) is 19.4 Å². The van der Waals surface area contributed by atoms with Gasteiger partial charge in [0.2, 0.25) is 5.91 Å². The van der Waals surface area contributed by atoms with Crippen LogP contribution >= 0.6 is 15.9 Å². The largest absolute Gasteiger partial charge is 0.468 e. The van der Waals surface area contributed by atoms with Crippen molar-refractivity contribution in [1.29, 1.82) is 0 Å². The highest BCUT2D eigenvalue weighted by atomic mass is 79.9. The van der Waals surface area contributed by atoms with Crippen molar-refractivity contribution < 1.29 is 14.3 Å². The van der Waals surface area contributed by atoms with Crippen molar-refractivity contribution in [2.75, 3.05) is 25.7 Å². The number of benzene rings is 1. The molecule has 1 heterocycles. The first-order chi connectivity index (χ1) is 10.4. The van der Waals surface area contributed by atoms with Crippen molar-refractivity contribution >= 4 is 38.1 Å². The van der Waals surface area contributed by atoms with E-state index in [1.807, 2.05) is 31.2 Å². The molecule has 0 radical (unpaired) electrons. The van der Waals surface area contributed by atoms with Gasteiger partial charge >= 0.3 is 5.97 Å². The molecular weight excluding hydrogens is 350 g/mol. The van der Waals surface area contributed by atoms with E-state index in [9.17, 15) is 9.59 Å². The fourth-order valence-electron chi connectivity index (χ4n) is 2.19. The maximum Gasteiger partial charge on any atom is 0.325 e. The number of halogens is 1. The summed E-state index contributed by atoms with van der Waals surface area (Å²) >= 11 is 3.36. The number of hydrogen-bond donors (Lipinski definition) is 0. The topological polar surface area (TPSA) is 62.2 Å². The minimum absolute atomic E-state index is 0.0782. The first-order valence-corrected chi connectivity index (χ1v) is 7.62. The first-order valence-electron chi connectivity index (χ1n) is 6.83. The van der Waals surface area contributed by atoms with Gasteiger partial charge in [0.25, 0.3) is 0 Å². The van der Waals surface area contributed by atoms with E-state index in [4.69, 9.17) is 0 Å². The van der Waals surface area contributed by atoms with Gasteiger partial charge in [-0.05, 0) is 35.0 Å². The maximum atomic E-state index is 12.6. The van der Waals surface area contributed by atoms with Crippen LogP contribution in [0.15, 0.2) is 29.4 Å². The summed E-state index contributed by atoms with van der Waals surface area (Å²) in [5, 5.41) is 6.06. The van der Waals surface area contributed by atoms with Crippen molar-refractivity contribution in [3.8, 4) is 0 Å². The number of hydrogen-bond acceptors (Lipinski definition) is 5. The predicted molar refractivity (Wildman–Crippen MR) is 88.1 cm³/mol. The van der Waals surface area contributed by atoms with Gasteiger partial charge < -0.3 is 9.64 Å². The van der Waals surface area contributed by atoms with Crippen molar-refractivity contribution in [3.05, 3.63) is 29.8 Å². The van der Waals surface area contributed by atoms with E-state index in [0.717, 1.165) is 11.3 Å². The Bertz CT molecular complexity index is 601. The number of esters is 1. The zero-order valence-corrected chi connectivity index (χ0v) is 14.3. The van der Waals surface area contributed by atoms with Crippen LogP contribution in [0.4, 0.5) is 5.69 Å². The summed E-state index contributed by atoms with van der Waals surface area (Å²) in [5.74, 6) is -0.625. The molecule has 2 rings (SSSR count). The quantitative estimate of drug-likeness (QED) is 0.762. The smallest absolute Gasteiger partial charge is 0.325 e. The summed E-state index contributed by atoms with van der Waals surface area (Å²) in [7, 11) is 2.88. The average Bonchev–Trinajstić information content (AvgIpc) is 2.88. The summed E-state index contributed by atoms with van der Waals surface area (Å²) in [5.41, 5.74) is 1.97. The third-order valence-corrected chi connectivity index (χ3v) is 3.91. The number of amides is 1. The molecule has 1 aromatic carbocycles. The van der Waals surface area contributed by atoms with E-state index in [-0.39, 0.29) is 12.5 Å². The Hall–Kier alpha value is -1.89. The van der Waals surface area contributed by atoms with Gasteiger partial charge in [-0.1, -0.05) is 17.7 Å². The second-order valence-electron chi connectivity index (χ2n) is 5.15. The molecule has 0 fully saturated rings. The van der Waals surface area contributed by atoms with Gasteiger partial charge in [-0.2, -0.15) is 5.10 Å². The Morgan fingerprint density at radius 3 is 2.64 bits per heavy atom. The molecule has 118 valence electrons. The Balaban J connectivity index is 2.17. The number of carbonyl (C=O) groups excluding carboxylic acids is 2. The summed E-state index contributed by atoms with van der Waals surface area (Å²) in [6.45, 7) is 1.92. The van der Waals surface area contributed by atoms with Gasteiger partial charge in [0.1, 0.15) is 17.2 Å². The SMILES string of the molecule is COC(=O)CN(C)C(=O)C1CC(Br)=NN1c1ccc(C)cc1. The lowest BCUT2D eigenvalue weighted by Crippen LogP contribution is -2.45. The van der Waals surface area contributed by atoms with Gasteiger partial charge in [-0.15, -0.1) is 0 Å². The molecule has 0 saturated carbocycles. The lowest BCUT2D eigenvalue weighted by Gasteiger charge is -2.26. The Morgan fingerprint density at radius 1 is 1.41 bits per heavy atom. The van der Waals surface area contributed by atoms with Crippen LogP contribution in [-0.4, -0.2) is 48.1 Å². The highest BCUT2D eigenvalue weighted by Gasteiger charge is 2.35. The van der Waals surface area contributed by atoms with Gasteiger partial charge in [0, 0.05) is 13.5 Å². The zero-order chi connectivity index (χ0) is 16.3. The second kappa shape index (κ2) is 6.91. The van der Waals surface area contributed by atoms with Crippen molar-refractivity contribution in [2.24, 2.45) is 5.10 Å². The third kappa shape index (κ3) is 3.65. The minimum Gasteiger partial charge on any atom is -0.468 e. The molecule has 0 spiro atoms. The molecule has 0 aromatic heterocycles. The predicted octanol–water partition coefficient (Wildman–Crippen LogP) is 1.91. The van der Waals surface area contributed by atoms with E-state index in [2.05, 4.69) is 25.8 Å². The zero-order valence-electron chi connectivity index (χ0n) is 12.7. The van der Waals surface area contributed by atoms with Crippen LogP contribution in [0, 0.1) is 6.92 Å². The van der Waals surface area contributed by atoms with E-state index < -0.39 is 12.0 Å². The summed E-state index contributed by atoms with van der Waals surface area (Å²) in [4.78, 5) is 25.3. The normalized spacial score (nSPS) is 17.2. The number of carbonyl (C=O) groups is 2. The number of hydrazone groups is 1. The van der Waals surface area contributed by atoms with Crippen LogP contribution < -0.4 is 5.01 Å². The summed E-state index contributed by atoms with van der Waals surface area (Å²) in [6, 6.07) is 7.32. The van der Waals surface area contributed by atoms with Crippen molar-refractivity contribution in [3.63, 3.8) is 0 Å². The van der Waals surface area contributed by atoms with Gasteiger partial charge in [0.15, 0.2) is 0 Å². The molecule has 0 aliphatic carbocycles. The van der Waals surface area contributed by atoms with Gasteiger partial charge in [-0.3, -0.25) is 14.6 Å². The Morgan fingerprint density at radius 2 is 2.05 bits per heavy atom. The fraction of sp³-hybridized carbons (Fsp3) is 0.400. The molecule has 1 aliphatic heterocycles. The molecule has 1 aliphatic rings. The van der Waals surface area contributed by atoms with E-state index in [1.165, 1.54) is 12.0 Å². The monoisotopic (exact) mass is 367 g/mol. The molecule has 0 bridgehead atoms. The van der Waals surface area contributed by atoms with Crippen LogP contribution in [-0.2, 0) is 14.3 Å². The summed E-state index contributed by atoms with van der Waals surface area (Å²) < 4.78 is 5.30. The van der Waals surface area contributed by atoms with Crippen LogP contribution in [0.3, 0.4) is 0 Å². The number of methoxy groups -OCH3 is 1. The molecule has 22 heavy (non-hydrogen) atoms. The molecule has 1 amide bonds. The minimum atomic E-state index is -0.466. The number of anilines is 1. The Kier molecular flexibility index (Phi) is 5.18. The number of rotatable bonds is 4. The lowest BCUT2D eigenvalue weighted by atomic mass is 10.1. The highest BCUT2D eigenvalue weighted by molar-refractivity contribution is 9.18. The summed E-state index contributed by atoms with van der Waals surface area (Å²) in [6.07, 6.45) is 0.470. The van der Waals surface area contributed by atoms with Crippen LogP contribution in [0.1, 0.15) is 12.0 Å². The lowest BCUT2D eigenvalue weighted by molar-refractivity contribution is -0.146. The average molecular weight is 368 g/mol. The molecule has 1 unspecified atom stereocenters. The van der Waals surface area contributed by atoms with Crippen molar-refractivity contribution in [1.82, 2.24) is 4.90 Å². The fourth-order valence-corrected chi connectivity index (χ4v) is 2.67. The maximum absolute atomic E-state index is 12.6. The number of nitrogens with zero attached hydrogens (tertiary/aromatic N) is 3. The molecular formula is C15H18BrN3O3.